The molecule has 2 heterocycles. The monoisotopic (exact) mass is 294 g/mol. The molecular formula is C10H20BOPS3. The summed E-state index contributed by atoms with van der Waals surface area (Å²) in [5.41, 5.74) is 0.118. The van der Waals surface area contributed by atoms with Crippen molar-refractivity contribution in [3.8, 4) is 0 Å². The largest absolute Gasteiger partial charge is 0.379 e. The van der Waals surface area contributed by atoms with E-state index in [1.54, 1.807) is 0 Å². The maximum atomic E-state index is 6.32. The van der Waals surface area contributed by atoms with Crippen molar-refractivity contribution in [1.29, 1.82) is 0 Å². The van der Waals surface area contributed by atoms with Gasteiger partial charge in [0.05, 0.1) is 10.0 Å². The van der Waals surface area contributed by atoms with Crippen LogP contribution >= 0.6 is 27.2 Å². The van der Waals surface area contributed by atoms with E-state index >= 15 is 0 Å². The number of hydrogen-bond acceptors (Lipinski definition) is 4. The Bertz CT molecular complexity index is 327. The van der Waals surface area contributed by atoms with E-state index in [2.05, 4.69) is 28.4 Å². The third-order valence-electron chi connectivity index (χ3n) is 4.17. The zero-order valence-corrected chi connectivity index (χ0v) is 13.8. The second kappa shape index (κ2) is 4.81. The van der Waals surface area contributed by atoms with Crippen LogP contribution in [0, 0.1) is 11.8 Å². The summed E-state index contributed by atoms with van der Waals surface area (Å²) < 4.78 is 5.14. The molecule has 0 aromatic carbocycles. The highest BCUT2D eigenvalue weighted by Gasteiger charge is 2.49. The van der Waals surface area contributed by atoms with Gasteiger partial charge in [0.1, 0.15) is 7.85 Å². The summed E-state index contributed by atoms with van der Waals surface area (Å²) in [5, 5.41) is 0. The van der Waals surface area contributed by atoms with Crippen LogP contribution in [0.4, 0.5) is 0 Å². The van der Waals surface area contributed by atoms with E-state index < -0.39 is 4.44 Å². The van der Waals surface area contributed by atoms with Crippen LogP contribution in [0.15, 0.2) is 0 Å². The van der Waals surface area contributed by atoms with Gasteiger partial charge in [0.25, 0.3) is 0 Å². The topological polar surface area (TPSA) is 9.23 Å². The van der Waals surface area contributed by atoms with Crippen LogP contribution in [0.3, 0.4) is 0 Å². The second-order valence-corrected chi connectivity index (χ2v) is 18.1. The van der Waals surface area contributed by atoms with Crippen molar-refractivity contribution in [3.63, 3.8) is 0 Å². The lowest BCUT2D eigenvalue weighted by atomic mass is 9.77. The number of rotatable bonds is 0. The smallest absolute Gasteiger partial charge is 0.139 e. The average Bonchev–Trinajstić information content (AvgIpc) is 2.37. The Morgan fingerprint density at radius 2 is 2.12 bits per heavy atom. The first-order valence-corrected chi connectivity index (χ1v) is 12.3. The van der Waals surface area contributed by atoms with Crippen LogP contribution in [0.25, 0.3) is 0 Å². The van der Waals surface area contributed by atoms with Crippen molar-refractivity contribution >= 4 is 46.9 Å². The van der Waals surface area contributed by atoms with Crippen molar-refractivity contribution < 1.29 is 4.74 Å². The first kappa shape index (κ1) is 13.8. The molecule has 2 rings (SSSR count). The standard InChI is InChI=1S/C10H20BOPS3/c1-7-8(2)10(12-9(7)11)4-5-15-13(3,14)16-6-10/h7-9H,4-6,11H2,1-3H3/t7?,8-,9-,10-,13?/m1/s1. The molecule has 16 heavy (non-hydrogen) atoms. The molecule has 5 atom stereocenters. The third kappa shape index (κ3) is 2.54. The molecule has 0 N–H and O–H groups in total. The van der Waals surface area contributed by atoms with Crippen LogP contribution in [0.2, 0.25) is 0 Å². The molecule has 2 unspecified atom stereocenters. The molecule has 0 aromatic heterocycles. The summed E-state index contributed by atoms with van der Waals surface area (Å²) in [6, 6.07) is 0.411. The van der Waals surface area contributed by atoms with Crippen LogP contribution in [0.1, 0.15) is 20.3 Å². The van der Waals surface area contributed by atoms with Crippen molar-refractivity contribution in [3.05, 3.63) is 0 Å². The minimum atomic E-state index is -1.19. The van der Waals surface area contributed by atoms with Gasteiger partial charge in [0.15, 0.2) is 0 Å². The quantitative estimate of drug-likeness (QED) is 0.501. The van der Waals surface area contributed by atoms with Crippen molar-refractivity contribution in [2.45, 2.75) is 31.9 Å². The van der Waals surface area contributed by atoms with E-state index in [0.29, 0.717) is 17.8 Å². The number of hydrogen-bond donors (Lipinski definition) is 0. The van der Waals surface area contributed by atoms with Gasteiger partial charge in [-0.3, -0.25) is 0 Å². The Morgan fingerprint density at radius 1 is 1.44 bits per heavy atom. The second-order valence-electron chi connectivity index (χ2n) is 5.16. The van der Waals surface area contributed by atoms with Crippen LogP contribution in [-0.4, -0.2) is 37.6 Å². The van der Waals surface area contributed by atoms with Crippen LogP contribution < -0.4 is 0 Å². The van der Waals surface area contributed by atoms with Gasteiger partial charge < -0.3 is 4.74 Å². The van der Waals surface area contributed by atoms with Crippen molar-refractivity contribution in [2.75, 3.05) is 18.2 Å². The fraction of sp³-hybridized carbons (Fsp3) is 1.00. The zero-order valence-electron chi connectivity index (χ0n) is 10.4. The highest BCUT2D eigenvalue weighted by Crippen LogP contribution is 2.70. The molecule has 2 saturated heterocycles. The number of ether oxygens (including phenoxy) is 1. The summed E-state index contributed by atoms with van der Waals surface area (Å²) >= 11 is 9.70. The van der Waals surface area contributed by atoms with Crippen LogP contribution in [-0.2, 0) is 16.5 Å². The minimum absolute atomic E-state index is 0.118. The van der Waals surface area contributed by atoms with Gasteiger partial charge >= 0.3 is 0 Å². The SMILES string of the molecule is B[C@@H]1O[C@@]2(CCSP(C)(=S)SC2)[C@H](C)C1C. The van der Waals surface area contributed by atoms with E-state index in [-0.39, 0.29) is 5.60 Å². The van der Waals surface area contributed by atoms with E-state index in [1.807, 2.05) is 22.8 Å². The van der Waals surface area contributed by atoms with Gasteiger partial charge in [-0.2, -0.15) is 0 Å². The molecule has 6 heteroatoms. The van der Waals surface area contributed by atoms with E-state index in [9.17, 15) is 0 Å². The lowest BCUT2D eigenvalue weighted by Crippen LogP contribution is -2.38. The Kier molecular flexibility index (Phi) is 4.15. The van der Waals surface area contributed by atoms with Gasteiger partial charge in [-0.25, -0.2) is 0 Å². The lowest BCUT2D eigenvalue weighted by molar-refractivity contribution is -0.0134. The molecule has 92 valence electrons. The predicted molar refractivity (Wildman–Crippen MR) is 84.2 cm³/mol. The molecule has 2 aliphatic heterocycles. The molecule has 2 fully saturated rings. The van der Waals surface area contributed by atoms with Gasteiger partial charge in [-0.05, 0) is 24.9 Å². The van der Waals surface area contributed by atoms with E-state index in [0.717, 1.165) is 5.75 Å². The van der Waals surface area contributed by atoms with E-state index in [4.69, 9.17) is 16.5 Å². The molecule has 0 radical (unpaired) electrons. The Labute approximate surface area is 113 Å². The molecule has 1 nitrogen and oxygen atoms in total. The Morgan fingerprint density at radius 3 is 2.69 bits per heavy atom. The molecule has 0 aliphatic carbocycles. The maximum absolute atomic E-state index is 6.32. The zero-order chi connectivity index (χ0) is 12.0. The van der Waals surface area contributed by atoms with Gasteiger partial charge in [0.2, 0.25) is 0 Å². The summed E-state index contributed by atoms with van der Waals surface area (Å²) in [6.45, 7) is 6.96. The highest BCUT2D eigenvalue weighted by molar-refractivity contribution is 9.00. The molecule has 0 bridgehead atoms. The normalized spacial score (nSPS) is 54.1. The minimum Gasteiger partial charge on any atom is -0.379 e. The fourth-order valence-corrected chi connectivity index (χ4v) is 10.2. The van der Waals surface area contributed by atoms with Gasteiger partial charge in [0, 0.05) is 17.5 Å². The van der Waals surface area contributed by atoms with Gasteiger partial charge in [-0.15, -0.1) is 22.8 Å². The maximum Gasteiger partial charge on any atom is 0.139 e. The summed E-state index contributed by atoms with van der Waals surface area (Å²) in [5.74, 6) is 3.65. The molecule has 0 aromatic rings. The summed E-state index contributed by atoms with van der Waals surface area (Å²) in [7, 11) is 2.22. The Balaban J connectivity index is 2.17. The summed E-state index contributed by atoms with van der Waals surface area (Å²) in [4.78, 5) is 0. The molecule has 0 saturated carbocycles. The Hall–Kier alpha value is 1.37. The highest BCUT2D eigenvalue weighted by atomic mass is 33.2. The molecular weight excluding hydrogens is 274 g/mol. The molecule has 0 amide bonds. The first-order valence-electron chi connectivity index (χ1n) is 5.91. The fourth-order valence-electron chi connectivity index (χ4n) is 2.64. The molecule has 2 aliphatic rings. The third-order valence-corrected chi connectivity index (χ3v) is 13.7. The predicted octanol–water partition coefficient (Wildman–Crippen LogP) is 2.80. The first-order chi connectivity index (χ1) is 7.36. The molecule has 1 spiro atoms. The van der Waals surface area contributed by atoms with Crippen molar-refractivity contribution in [1.82, 2.24) is 0 Å². The van der Waals surface area contributed by atoms with Gasteiger partial charge in [-0.1, -0.05) is 25.7 Å². The van der Waals surface area contributed by atoms with E-state index in [1.165, 1.54) is 12.2 Å². The van der Waals surface area contributed by atoms with Crippen LogP contribution in [0.5, 0.6) is 0 Å². The average molecular weight is 294 g/mol. The lowest BCUT2D eigenvalue weighted by Gasteiger charge is -2.32. The summed E-state index contributed by atoms with van der Waals surface area (Å²) in [6.07, 6.45) is 1.19. The van der Waals surface area contributed by atoms with Crippen molar-refractivity contribution in [2.24, 2.45) is 11.8 Å².